The molecule has 3 rings (SSSR count). The van der Waals surface area contributed by atoms with Gasteiger partial charge in [-0.05, 0) is 38.1 Å². The molecule has 2 heterocycles. The average Bonchev–Trinajstić information content (AvgIpc) is 2.68. The van der Waals surface area contributed by atoms with Crippen LogP contribution in [0.5, 0.6) is 0 Å². The first-order valence-corrected chi connectivity index (χ1v) is 8.76. The van der Waals surface area contributed by atoms with Crippen molar-refractivity contribution in [2.24, 2.45) is 5.41 Å². The molecule has 1 aromatic heterocycles. The Hall–Kier alpha value is -3.03. The Morgan fingerprint density at radius 1 is 1.07 bits per heavy atom. The molecule has 1 aliphatic rings. The first-order chi connectivity index (χ1) is 12.9. The van der Waals surface area contributed by atoms with Crippen molar-refractivity contribution in [2.75, 3.05) is 36.4 Å². The van der Waals surface area contributed by atoms with E-state index in [0.29, 0.717) is 37.8 Å². The molecule has 7 nitrogen and oxygen atoms in total. The topological polar surface area (TPSA) is 78.4 Å². The molecule has 1 saturated heterocycles. The molecule has 0 unspecified atom stereocenters. The van der Waals surface area contributed by atoms with Crippen LogP contribution in [0.25, 0.3) is 0 Å². The summed E-state index contributed by atoms with van der Waals surface area (Å²) >= 11 is 0. The molecular weight excluding hydrogens is 349 g/mol. The van der Waals surface area contributed by atoms with Crippen LogP contribution in [0.2, 0.25) is 0 Å². The van der Waals surface area contributed by atoms with E-state index >= 15 is 0 Å². The Kier molecular flexibility index (Phi) is 5.34. The normalized spacial score (nSPS) is 14.8. The first kappa shape index (κ1) is 18.8. The van der Waals surface area contributed by atoms with Crippen molar-refractivity contribution in [3.05, 3.63) is 48.5 Å². The SMILES string of the molecule is CC(C)(C(=O)Nc1cccc(F)c1)C(=O)N1CCN(c2ncccn2)CC1. The van der Waals surface area contributed by atoms with Gasteiger partial charge in [0.1, 0.15) is 11.2 Å². The number of carbonyl (C=O) groups is 2. The highest BCUT2D eigenvalue weighted by Gasteiger charge is 2.40. The highest BCUT2D eigenvalue weighted by molar-refractivity contribution is 6.09. The number of anilines is 2. The molecule has 2 aromatic rings. The number of hydrogen-bond acceptors (Lipinski definition) is 5. The Bertz CT molecular complexity index is 820. The first-order valence-electron chi connectivity index (χ1n) is 8.76. The maximum absolute atomic E-state index is 13.3. The highest BCUT2D eigenvalue weighted by Crippen LogP contribution is 2.23. The van der Waals surface area contributed by atoms with Gasteiger partial charge in [-0.15, -0.1) is 0 Å². The summed E-state index contributed by atoms with van der Waals surface area (Å²) in [5, 5.41) is 2.62. The number of carbonyl (C=O) groups excluding carboxylic acids is 2. The third-order valence-electron chi connectivity index (χ3n) is 4.59. The summed E-state index contributed by atoms with van der Waals surface area (Å²) in [6.07, 6.45) is 3.36. The lowest BCUT2D eigenvalue weighted by Crippen LogP contribution is -2.54. The minimum Gasteiger partial charge on any atom is -0.338 e. The van der Waals surface area contributed by atoms with Gasteiger partial charge >= 0.3 is 0 Å². The van der Waals surface area contributed by atoms with E-state index in [2.05, 4.69) is 15.3 Å². The van der Waals surface area contributed by atoms with Crippen molar-refractivity contribution in [1.82, 2.24) is 14.9 Å². The second kappa shape index (κ2) is 7.69. The van der Waals surface area contributed by atoms with Gasteiger partial charge in [0.15, 0.2) is 0 Å². The fraction of sp³-hybridized carbons (Fsp3) is 0.368. The van der Waals surface area contributed by atoms with E-state index in [4.69, 9.17) is 0 Å². The smallest absolute Gasteiger partial charge is 0.239 e. The molecule has 0 radical (unpaired) electrons. The van der Waals surface area contributed by atoms with Crippen LogP contribution in [0, 0.1) is 11.2 Å². The predicted octanol–water partition coefficient (Wildman–Crippen LogP) is 1.93. The molecule has 0 atom stereocenters. The quantitative estimate of drug-likeness (QED) is 0.831. The van der Waals surface area contributed by atoms with Gasteiger partial charge in [-0.3, -0.25) is 9.59 Å². The number of benzene rings is 1. The molecule has 1 N–H and O–H groups in total. The summed E-state index contributed by atoms with van der Waals surface area (Å²) in [6, 6.07) is 7.35. The lowest BCUT2D eigenvalue weighted by atomic mass is 9.89. The van der Waals surface area contributed by atoms with Gasteiger partial charge in [-0.2, -0.15) is 0 Å². The van der Waals surface area contributed by atoms with E-state index in [9.17, 15) is 14.0 Å². The monoisotopic (exact) mass is 371 g/mol. The Morgan fingerprint density at radius 2 is 1.74 bits per heavy atom. The molecule has 27 heavy (non-hydrogen) atoms. The number of hydrogen-bond donors (Lipinski definition) is 1. The maximum Gasteiger partial charge on any atom is 0.239 e. The zero-order valence-electron chi connectivity index (χ0n) is 15.4. The van der Waals surface area contributed by atoms with E-state index in [1.807, 2.05) is 4.90 Å². The Balaban J connectivity index is 1.61. The zero-order valence-corrected chi connectivity index (χ0v) is 15.4. The van der Waals surface area contributed by atoms with Gasteiger partial charge in [0.2, 0.25) is 17.8 Å². The summed E-state index contributed by atoms with van der Waals surface area (Å²) < 4.78 is 13.3. The van der Waals surface area contributed by atoms with Gasteiger partial charge in [0.05, 0.1) is 0 Å². The van der Waals surface area contributed by atoms with Gasteiger partial charge in [-0.25, -0.2) is 14.4 Å². The number of aromatic nitrogens is 2. The molecule has 0 spiro atoms. The Morgan fingerprint density at radius 3 is 2.37 bits per heavy atom. The molecule has 1 aromatic carbocycles. The van der Waals surface area contributed by atoms with Crippen molar-refractivity contribution in [1.29, 1.82) is 0 Å². The van der Waals surface area contributed by atoms with Crippen molar-refractivity contribution >= 4 is 23.5 Å². The Labute approximate surface area is 157 Å². The van der Waals surface area contributed by atoms with Gasteiger partial charge in [0, 0.05) is 44.3 Å². The lowest BCUT2D eigenvalue weighted by Gasteiger charge is -2.38. The van der Waals surface area contributed by atoms with Gasteiger partial charge in [-0.1, -0.05) is 6.07 Å². The number of rotatable bonds is 4. The highest BCUT2D eigenvalue weighted by atomic mass is 19.1. The summed E-state index contributed by atoms with van der Waals surface area (Å²) in [6.45, 7) is 5.31. The largest absolute Gasteiger partial charge is 0.338 e. The van der Waals surface area contributed by atoms with E-state index in [0.717, 1.165) is 0 Å². The molecule has 2 amide bonds. The van der Waals surface area contributed by atoms with E-state index < -0.39 is 17.1 Å². The average molecular weight is 371 g/mol. The van der Waals surface area contributed by atoms with Gasteiger partial charge < -0.3 is 15.1 Å². The molecule has 0 saturated carbocycles. The summed E-state index contributed by atoms with van der Waals surface area (Å²) in [5.74, 6) is -0.541. The maximum atomic E-state index is 13.3. The molecule has 142 valence electrons. The second-order valence-electron chi connectivity index (χ2n) is 6.92. The molecule has 0 bridgehead atoms. The van der Waals surface area contributed by atoms with E-state index in [1.54, 1.807) is 43.3 Å². The van der Waals surface area contributed by atoms with E-state index in [1.165, 1.54) is 18.2 Å². The number of nitrogens with zero attached hydrogens (tertiary/aromatic N) is 4. The van der Waals surface area contributed by atoms with Crippen LogP contribution in [0.1, 0.15) is 13.8 Å². The van der Waals surface area contributed by atoms with Crippen LogP contribution < -0.4 is 10.2 Å². The van der Waals surface area contributed by atoms with Crippen molar-refractivity contribution < 1.29 is 14.0 Å². The van der Waals surface area contributed by atoms with Gasteiger partial charge in [0.25, 0.3) is 0 Å². The van der Waals surface area contributed by atoms with E-state index in [-0.39, 0.29) is 5.91 Å². The zero-order chi connectivity index (χ0) is 19.4. The third kappa shape index (κ3) is 4.21. The summed E-state index contributed by atoms with van der Waals surface area (Å²) in [5.41, 5.74) is -0.940. The molecule has 1 aliphatic heterocycles. The van der Waals surface area contributed by atoms with Crippen LogP contribution in [-0.4, -0.2) is 52.9 Å². The van der Waals surface area contributed by atoms with Crippen LogP contribution in [0.15, 0.2) is 42.7 Å². The number of halogens is 1. The number of nitrogens with one attached hydrogen (secondary N) is 1. The molecular formula is C19H22FN5O2. The predicted molar refractivity (Wildman–Crippen MR) is 99.6 cm³/mol. The van der Waals surface area contributed by atoms with Crippen LogP contribution in [0.3, 0.4) is 0 Å². The van der Waals surface area contributed by atoms with Crippen LogP contribution in [0.4, 0.5) is 16.0 Å². The molecule has 8 heteroatoms. The number of piperazine rings is 1. The van der Waals surface area contributed by atoms with Crippen LogP contribution in [-0.2, 0) is 9.59 Å². The van der Waals surface area contributed by atoms with Crippen molar-refractivity contribution in [2.45, 2.75) is 13.8 Å². The molecule has 0 aliphatic carbocycles. The lowest BCUT2D eigenvalue weighted by molar-refractivity contribution is -0.146. The second-order valence-corrected chi connectivity index (χ2v) is 6.92. The fourth-order valence-electron chi connectivity index (χ4n) is 2.91. The number of amides is 2. The third-order valence-corrected chi connectivity index (χ3v) is 4.59. The summed E-state index contributed by atoms with van der Waals surface area (Å²) in [4.78, 5) is 37.6. The summed E-state index contributed by atoms with van der Waals surface area (Å²) in [7, 11) is 0. The van der Waals surface area contributed by atoms with Crippen LogP contribution >= 0.6 is 0 Å². The minimum atomic E-state index is -1.27. The standard InChI is InChI=1S/C19H22FN5O2/c1-19(2,16(26)23-15-6-3-5-14(20)13-15)17(27)24-9-11-25(12-10-24)18-21-7-4-8-22-18/h3-8,13H,9-12H2,1-2H3,(H,23,26). The minimum absolute atomic E-state index is 0.259. The van der Waals surface area contributed by atoms with Crippen molar-refractivity contribution in [3.8, 4) is 0 Å². The fourth-order valence-corrected chi connectivity index (χ4v) is 2.91. The molecule has 1 fully saturated rings. The van der Waals surface area contributed by atoms with Crippen molar-refractivity contribution in [3.63, 3.8) is 0 Å².